The average Bonchev–Trinajstić information content (AvgIpc) is 2.62. The van der Waals surface area contributed by atoms with Gasteiger partial charge >= 0.3 is 0 Å². The Morgan fingerprint density at radius 3 is 1.54 bits per heavy atom. The SMILES string of the molecule is NC=CN=C1C=C2C(=O)C3=CCC(=NC=CN)C=C3C(=O)C2=CC1. The Balaban J connectivity index is 2.02. The normalized spacial score (nSPS) is 24.0. The second-order valence-corrected chi connectivity index (χ2v) is 5.34. The van der Waals surface area contributed by atoms with Gasteiger partial charge in [0.15, 0.2) is 11.6 Å². The maximum absolute atomic E-state index is 12.7. The molecule has 0 aromatic rings. The van der Waals surface area contributed by atoms with Crippen LogP contribution in [-0.2, 0) is 9.59 Å². The molecule has 0 amide bonds. The van der Waals surface area contributed by atoms with E-state index in [9.17, 15) is 9.59 Å². The van der Waals surface area contributed by atoms with Crippen LogP contribution in [0.3, 0.4) is 0 Å². The molecule has 1 saturated carbocycles. The van der Waals surface area contributed by atoms with Crippen LogP contribution in [0, 0.1) is 0 Å². The Kier molecular flexibility index (Phi) is 4.20. The van der Waals surface area contributed by atoms with Gasteiger partial charge < -0.3 is 11.5 Å². The quantitative estimate of drug-likeness (QED) is 0.801. The molecule has 0 aliphatic heterocycles. The molecular weight excluding hydrogens is 304 g/mol. The number of carbonyl (C=O) groups is 2. The van der Waals surface area contributed by atoms with Gasteiger partial charge in [-0.2, -0.15) is 0 Å². The minimum absolute atomic E-state index is 0.162. The molecule has 24 heavy (non-hydrogen) atoms. The highest BCUT2D eigenvalue weighted by Gasteiger charge is 2.37. The number of rotatable bonds is 2. The fourth-order valence-corrected chi connectivity index (χ4v) is 2.79. The third-order valence-corrected chi connectivity index (χ3v) is 3.86. The van der Waals surface area contributed by atoms with Crippen LogP contribution in [-0.4, -0.2) is 23.0 Å². The molecule has 0 heterocycles. The third kappa shape index (κ3) is 2.69. The van der Waals surface area contributed by atoms with E-state index in [0.717, 1.165) is 0 Å². The monoisotopic (exact) mass is 320 g/mol. The van der Waals surface area contributed by atoms with Crippen molar-refractivity contribution in [3.63, 3.8) is 0 Å². The molecule has 0 radical (unpaired) electrons. The van der Waals surface area contributed by atoms with Crippen molar-refractivity contribution in [3.05, 3.63) is 71.4 Å². The van der Waals surface area contributed by atoms with Crippen molar-refractivity contribution in [2.45, 2.75) is 12.8 Å². The lowest BCUT2D eigenvalue weighted by molar-refractivity contribution is -0.117. The molecule has 3 rings (SSSR count). The van der Waals surface area contributed by atoms with E-state index >= 15 is 0 Å². The van der Waals surface area contributed by atoms with Gasteiger partial charge in [0.1, 0.15) is 0 Å². The van der Waals surface area contributed by atoms with Crippen LogP contribution in [0.4, 0.5) is 0 Å². The molecule has 0 saturated heterocycles. The van der Waals surface area contributed by atoms with E-state index in [-0.39, 0.29) is 11.6 Å². The van der Waals surface area contributed by atoms with Crippen molar-refractivity contribution >= 4 is 23.0 Å². The molecule has 0 bridgehead atoms. The van der Waals surface area contributed by atoms with E-state index in [4.69, 9.17) is 11.5 Å². The number of aliphatic imine (C=N–C) groups is 2. The first-order valence-corrected chi connectivity index (χ1v) is 7.46. The summed E-state index contributed by atoms with van der Waals surface area (Å²) in [6.07, 6.45) is 13.3. The van der Waals surface area contributed by atoms with Crippen LogP contribution in [0.2, 0.25) is 0 Å². The number of nitrogens with two attached hydrogens (primary N) is 2. The van der Waals surface area contributed by atoms with Crippen molar-refractivity contribution < 1.29 is 9.59 Å². The van der Waals surface area contributed by atoms with Crippen molar-refractivity contribution in [1.82, 2.24) is 0 Å². The van der Waals surface area contributed by atoms with E-state index in [1.165, 1.54) is 24.8 Å². The van der Waals surface area contributed by atoms with Gasteiger partial charge in [0.25, 0.3) is 0 Å². The van der Waals surface area contributed by atoms with E-state index in [2.05, 4.69) is 9.98 Å². The number of carbonyl (C=O) groups excluding carboxylic acids is 2. The summed E-state index contributed by atoms with van der Waals surface area (Å²) in [5, 5.41) is 0. The number of fused-ring (bicyclic) bond motifs is 2. The minimum Gasteiger partial charge on any atom is -0.403 e. The van der Waals surface area contributed by atoms with Gasteiger partial charge in [-0.15, -0.1) is 0 Å². The summed E-state index contributed by atoms with van der Waals surface area (Å²) in [5.74, 6) is -0.325. The highest BCUT2D eigenvalue weighted by Crippen LogP contribution is 2.35. The molecule has 6 nitrogen and oxygen atoms in total. The smallest absolute Gasteiger partial charge is 0.194 e. The van der Waals surface area contributed by atoms with E-state index in [1.807, 2.05) is 0 Å². The van der Waals surface area contributed by atoms with E-state index in [1.54, 1.807) is 24.3 Å². The first-order chi connectivity index (χ1) is 11.7. The molecule has 0 spiro atoms. The minimum atomic E-state index is -0.162. The average molecular weight is 320 g/mol. The number of hydrogen-bond donors (Lipinski definition) is 2. The number of nitrogens with zero attached hydrogens (tertiary/aromatic N) is 2. The highest BCUT2D eigenvalue weighted by atomic mass is 16.1. The van der Waals surface area contributed by atoms with Gasteiger partial charge in [0.05, 0.1) is 0 Å². The second kappa shape index (κ2) is 6.45. The number of ketones is 2. The van der Waals surface area contributed by atoms with Gasteiger partial charge in [-0.3, -0.25) is 19.6 Å². The summed E-state index contributed by atoms with van der Waals surface area (Å²) in [7, 11) is 0. The Morgan fingerprint density at radius 1 is 0.750 bits per heavy atom. The van der Waals surface area contributed by atoms with Gasteiger partial charge in [-0.05, 0) is 12.2 Å². The molecule has 4 N–H and O–H groups in total. The second-order valence-electron chi connectivity index (χ2n) is 5.34. The summed E-state index contributed by atoms with van der Waals surface area (Å²) in [4.78, 5) is 33.8. The summed E-state index contributed by atoms with van der Waals surface area (Å²) in [6, 6.07) is 0. The number of Topliss-reactive ketones (excluding diaryl/α,β-unsaturated/α-hetero) is 2. The lowest BCUT2D eigenvalue weighted by Gasteiger charge is -2.26. The van der Waals surface area contributed by atoms with Crippen LogP contribution >= 0.6 is 0 Å². The summed E-state index contributed by atoms with van der Waals surface area (Å²) in [5.41, 5.74) is 13.6. The predicted molar refractivity (Wildman–Crippen MR) is 93.1 cm³/mol. The Bertz CT molecular complexity index is 789. The third-order valence-electron chi connectivity index (χ3n) is 3.86. The Hall–Kier alpha value is -3.28. The standard InChI is InChI=1S/C18H16N4O2/c19-5-7-21-11-1-3-13-15(9-11)18(24)14-4-2-12(22-8-6-20)10-16(14)17(13)23/h3-10H,1-2,19-20H2. The predicted octanol–water partition coefficient (Wildman–Crippen LogP) is 1.39. The lowest BCUT2D eigenvalue weighted by atomic mass is 9.75. The first-order valence-electron chi connectivity index (χ1n) is 7.46. The van der Waals surface area contributed by atoms with Crippen LogP contribution in [0.5, 0.6) is 0 Å². The summed E-state index contributed by atoms with van der Waals surface area (Å²) >= 11 is 0. The molecular formula is C18H16N4O2. The van der Waals surface area contributed by atoms with Crippen LogP contribution in [0.15, 0.2) is 81.4 Å². The summed E-state index contributed by atoms with van der Waals surface area (Å²) < 4.78 is 0. The molecule has 120 valence electrons. The van der Waals surface area contributed by atoms with Crippen LogP contribution in [0.25, 0.3) is 0 Å². The van der Waals surface area contributed by atoms with E-state index in [0.29, 0.717) is 46.6 Å². The lowest BCUT2D eigenvalue weighted by Crippen LogP contribution is -2.29. The molecule has 0 aromatic heterocycles. The maximum Gasteiger partial charge on any atom is 0.194 e. The van der Waals surface area contributed by atoms with Crippen molar-refractivity contribution in [2.75, 3.05) is 0 Å². The number of allylic oxidation sites excluding steroid dienone is 8. The molecule has 1 fully saturated rings. The van der Waals surface area contributed by atoms with Gasteiger partial charge in [0, 0.05) is 71.4 Å². The fraction of sp³-hybridized carbons (Fsp3) is 0.111. The zero-order valence-corrected chi connectivity index (χ0v) is 12.9. The topological polar surface area (TPSA) is 111 Å². The first kappa shape index (κ1) is 15.6. The highest BCUT2D eigenvalue weighted by molar-refractivity contribution is 6.37. The maximum atomic E-state index is 12.7. The van der Waals surface area contributed by atoms with Crippen molar-refractivity contribution in [1.29, 1.82) is 0 Å². The fourth-order valence-electron chi connectivity index (χ4n) is 2.79. The van der Waals surface area contributed by atoms with Crippen LogP contribution < -0.4 is 11.5 Å². The van der Waals surface area contributed by atoms with Gasteiger partial charge in [0.2, 0.25) is 0 Å². The summed E-state index contributed by atoms with van der Waals surface area (Å²) in [6.45, 7) is 0. The van der Waals surface area contributed by atoms with Crippen LogP contribution in [0.1, 0.15) is 12.8 Å². The molecule has 0 unspecified atom stereocenters. The molecule has 0 aromatic carbocycles. The van der Waals surface area contributed by atoms with E-state index < -0.39 is 0 Å². The molecule has 0 atom stereocenters. The largest absolute Gasteiger partial charge is 0.403 e. The molecule has 6 heteroatoms. The Labute approximate surface area is 139 Å². The van der Waals surface area contributed by atoms with Gasteiger partial charge in [-0.1, -0.05) is 12.2 Å². The molecule has 3 aliphatic rings. The van der Waals surface area contributed by atoms with Gasteiger partial charge in [-0.25, -0.2) is 0 Å². The number of hydrogen-bond acceptors (Lipinski definition) is 6. The van der Waals surface area contributed by atoms with Crippen molar-refractivity contribution in [3.8, 4) is 0 Å². The Morgan fingerprint density at radius 2 is 1.17 bits per heavy atom. The zero-order chi connectivity index (χ0) is 17.1. The molecule has 3 aliphatic carbocycles. The van der Waals surface area contributed by atoms with Crippen molar-refractivity contribution in [2.24, 2.45) is 21.5 Å². The zero-order valence-electron chi connectivity index (χ0n) is 12.9.